The molecule has 0 fully saturated rings. The molecule has 2 aromatic heterocycles. The van der Waals surface area contributed by atoms with Gasteiger partial charge in [-0.05, 0) is 12.1 Å². The zero-order valence-corrected chi connectivity index (χ0v) is 11.8. The number of halogens is 1. The second-order valence-electron chi connectivity index (χ2n) is 3.94. The molecule has 0 amide bonds. The van der Waals surface area contributed by atoms with Crippen LogP contribution in [-0.4, -0.2) is 20.3 Å². The van der Waals surface area contributed by atoms with Crippen molar-refractivity contribution in [1.82, 2.24) is 20.3 Å². The first-order valence-corrected chi connectivity index (χ1v) is 7.10. The van der Waals surface area contributed by atoms with Gasteiger partial charge in [0.05, 0.1) is 10.8 Å². The second kappa shape index (κ2) is 5.56. The van der Waals surface area contributed by atoms with Gasteiger partial charge < -0.3 is 10.3 Å². The van der Waals surface area contributed by atoms with Crippen molar-refractivity contribution in [2.75, 3.05) is 5.73 Å². The molecule has 0 unspecified atom stereocenters. The van der Waals surface area contributed by atoms with Crippen LogP contribution in [0, 0.1) is 0 Å². The van der Waals surface area contributed by atoms with E-state index in [1.54, 1.807) is 17.8 Å². The Morgan fingerprint density at radius 1 is 1.35 bits per heavy atom. The van der Waals surface area contributed by atoms with Crippen molar-refractivity contribution in [3.05, 3.63) is 41.2 Å². The fourth-order valence-corrected chi connectivity index (χ4v) is 2.65. The summed E-state index contributed by atoms with van der Waals surface area (Å²) in [6.45, 7) is 0. The van der Waals surface area contributed by atoms with Crippen LogP contribution in [0.3, 0.4) is 0 Å². The number of aromatic amines is 1. The van der Waals surface area contributed by atoms with Gasteiger partial charge in [-0.1, -0.05) is 28.9 Å². The number of hydrogen-bond donors (Lipinski definition) is 2. The number of H-pyrrole nitrogens is 1. The van der Waals surface area contributed by atoms with Crippen molar-refractivity contribution in [3.63, 3.8) is 0 Å². The summed E-state index contributed by atoms with van der Waals surface area (Å²) < 4.78 is 5.15. The summed E-state index contributed by atoms with van der Waals surface area (Å²) in [5, 5.41) is 11.1. The number of aromatic nitrogens is 4. The number of nitrogen functional groups attached to an aromatic ring is 1. The summed E-state index contributed by atoms with van der Waals surface area (Å²) in [4.78, 5) is 5.25. The van der Waals surface area contributed by atoms with E-state index in [4.69, 9.17) is 21.9 Å². The maximum atomic E-state index is 6.08. The molecular formula is C12H10ClN5OS. The van der Waals surface area contributed by atoms with Crippen LogP contribution in [0.1, 0.15) is 5.82 Å². The zero-order chi connectivity index (χ0) is 13.9. The molecule has 2 heterocycles. The Morgan fingerprint density at radius 2 is 2.20 bits per heavy atom. The van der Waals surface area contributed by atoms with E-state index in [2.05, 4.69) is 20.3 Å². The van der Waals surface area contributed by atoms with Crippen molar-refractivity contribution >= 4 is 29.2 Å². The van der Waals surface area contributed by atoms with Crippen LogP contribution in [0.4, 0.5) is 5.82 Å². The molecule has 0 aliphatic carbocycles. The lowest BCUT2D eigenvalue weighted by atomic mass is 10.4. The highest BCUT2D eigenvalue weighted by Gasteiger charge is 2.11. The van der Waals surface area contributed by atoms with Gasteiger partial charge in [0.1, 0.15) is 11.5 Å². The third kappa shape index (κ3) is 2.78. The minimum atomic E-state index is 0.365. The van der Waals surface area contributed by atoms with Crippen molar-refractivity contribution < 1.29 is 4.52 Å². The van der Waals surface area contributed by atoms with Crippen LogP contribution in [0.15, 0.2) is 39.8 Å². The molecule has 3 rings (SSSR count). The Kier molecular flexibility index (Phi) is 3.62. The molecule has 0 atom stereocenters. The minimum absolute atomic E-state index is 0.365. The van der Waals surface area contributed by atoms with Crippen molar-refractivity contribution in [3.8, 4) is 11.6 Å². The van der Waals surface area contributed by atoms with E-state index in [-0.39, 0.29) is 0 Å². The number of thioether (sulfide) groups is 1. The number of anilines is 1. The predicted octanol–water partition coefficient (Wildman–Crippen LogP) is 2.99. The molecule has 8 heteroatoms. The standard InChI is InChI=1S/C12H10ClN5OS/c13-7-3-1-2-4-9(7)20-6-11-15-12(19-18-11)8-5-10(14)17-16-8/h1-5H,6H2,(H3,14,16,17). The van der Waals surface area contributed by atoms with Gasteiger partial charge in [0, 0.05) is 11.0 Å². The van der Waals surface area contributed by atoms with Gasteiger partial charge in [0.25, 0.3) is 5.89 Å². The fraction of sp³-hybridized carbons (Fsp3) is 0.0833. The highest BCUT2D eigenvalue weighted by atomic mass is 35.5. The molecule has 0 aliphatic rings. The minimum Gasteiger partial charge on any atom is -0.382 e. The fourth-order valence-electron chi connectivity index (χ4n) is 1.57. The third-order valence-corrected chi connectivity index (χ3v) is 4.00. The summed E-state index contributed by atoms with van der Waals surface area (Å²) in [5.74, 6) is 1.89. The zero-order valence-electron chi connectivity index (χ0n) is 10.2. The quantitative estimate of drug-likeness (QED) is 0.720. The Morgan fingerprint density at radius 3 is 2.95 bits per heavy atom. The molecule has 0 saturated heterocycles. The first-order valence-electron chi connectivity index (χ1n) is 5.73. The Bertz CT molecular complexity index is 726. The SMILES string of the molecule is Nc1cc(-c2nc(CSc3ccccc3Cl)no2)[nH]n1. The lowest BCUT2D eigenvalue weighted by Gasteiger charge is -2.00. The number of benzene rings is 1. The van der Waals surface area contributed by atoms with E-state index in [9.17, 15) is 0 Å². The summed E-state index contributed by atoms with van der Waals surface area (Å²) >= 11 is 7.63. The van der Waals surface area contributed by atoms with Crippen molar-refractivity contribution in [2.45, 2.75) is 10.6 Å². The third-order valence-electron chi connectivity index (χ3n) is 2.49. The summed E-state index contributed by atoms with van der Waals surface area (Å²) in [7, 11) is 0. The van der Waals surface area contributed by atoms with Gasteiger partial charge in [-0.2, -0.15) is 10.1 Å². The largest absolute Gasteiger partial charge is 0.382 e. The van der Waals surface area contributed by atoms with Crippen molar-refractivity contribution in [1.29, 1.82) is 0 Å². The topological polar surface area (TPSA) is 93.6 Å². The van der Waals surface area contributed by atoms with Gasteiger partial charge in [-0.15, -0.1) is 11.8 Å². The van der Waals surface area contributed by atoms with E-state index in [1.807, 2.05) is 24.3 Å². The van der Waals surface area contributed by atoms with Crippen LogP contribution < -0.4 is 5.73 Å². The van der Waals surface area contributed by atoms with Crippen LogP contribution >= 0.6 is 23.4 Å². The van der Waals surface area contributed by atoms with E-state index in [0.29, 0.717) is 34.0 Å². The maximum Gasteiger partial charge on any atom is 0.276 e. The average Bonchev–Trinajstić information content (AvgIpc) is 3.06. The number of rotatable bonds is 4. The Labute approximate surface area is 123 Å². The number of hydrogen-bond acceptors (Lipinski definition) is 6. The number of nitrogens with two attached hydrogens (primary N) is 1. The van der Waals surface area contributed by atoms with E-state index < -0.39 is 0 Å². The number of nitrogens with one attached hydrogen (secondary N) is 1. The van der Waals surface area contributed by atoms with E-state index >= 15 is 0 Å². The molecule has 0 radical (unpaired) electrons. The van der Waals surface area contributed by atoms with E-state index in [0.717, 1.165) is 4.90 Å². The summed E-state index contributed by atoms with van der Waals surface area (Å²) in [6, 6.07) is 9.26. The highest BCUT2D eigenvalue weighted by molar-refractivity contribution is 7.98. The summed E-state index contributed by atoms with van der Waals surface area (Å²) in [6.07, 6.45) is 0. The average molecular weight is 308 g/mol. The van der Waals surface area contributed by atoms with Gasteiger partial charge >= 0.3 is 0 Å². The highest BCUT2D eigenvalue weighted by Crippen LogP contribution is 2.29. The van der Waals surface area contributed by atoms with Crippen LogP contribution in [0.2, 0.25) is 5.02 Å². The lowest BCUT2D eigenvalue weighted by molar-refractivity contribution is 0.424. The molecule has 0 spiro atoms. The first-order chi connectivity index (χ1) is 9.72. The smallest absolute Gasteiger partial charge is 0.276 e. The van der Waals surface area contributed by atoms with E-state index in [1.165, 1.54) is 0 Å². The van der Waals surface area contributed by atoms with Gasteiger partial charge in [-0.3, -0.25) is 5.10 Å². The van der Waals surface area contributed by atoms with Crippen LogP contribution in [-0.2, 0) is 5.75 Å². The maximum absolute atomic E-state index is 6.08. The van der Waals surface area contributed by atoms with Gasteiger partial charge in [-0.25, -0.2) is 0 Å². The molecule has 102 valence electrons. The predicted molar refractivity (Wildman–Crippen MR) is 77.3 cm³/mol. The molecule has 3 N–H and O–H groups in total. The first kappa shape index (κ1) is 13.0. The molecule has 6 nitrogen and oxygen atoms in total. The molecule has 0 bridgehead atoms. The van der Waals surface area contributed by atoms with Gasteiger partial charge in [0.2, 0.25) is 0 Å². The monoisotopic (exact) mass is 307 g/mol. The van der Waals surface area contributed by atoms with Crippen molar-refractivity contribution in [2.24, 2.45) is 0 Å². The van der Waals surface area contributed by atoms with Crippen LogP contribution in [0.25, 0.3) is 11.6 Å². The lowest BCUT2D eigenvalue weighted by Crippen LogP contribution is -1.85. The molecular weight excluding hydrogens is 298 g/mol. The molecule has 3 aromatic rings. The normalized spacial score (nSPS) is 10.8. The van der Waals surface area contributed by atoms with Gasteiger partial charge in [0.15, 0.2) is 5.82 Å². The molecule has 1 aromatic carbocycles. The summed E-state index contributed by atoms with van der Waals surface area (Å²) in [5.41, 5.74) is 6.12. The number of nitrogens with zero attached hydrogens (tertiary/aromatic N) is 3. The Hall–Kier alpha value is -1.99. The molecule has 0 saturated carbocycles. The molecule has 20 heavy (non-hydrogen) atoms. The Balaban J connectivity index is 1.70. The second-order valence-corrected chi connectivity index (χ2v) is 5.37. The van der Waals surface area contributed by atoms with Crippen LogP contribution in [0.5, 0.6) is 0 Å². The molecule has 0 aliphatic heterocycles.